The molecule has 2 bridgehead atoms. The molecule has 13 heteroatoms. The summed E-state index contributed by atoms with van der Waals surface area (Å²) < 4.78 is 69.4. The van der Waals surface area contributed by atoms with E-state index in [1.54, 1.807) is 43.5 Å². The maximum Gasteiger partial charge on any atom is 0.471 e. The van der Waals surface area contributed by atoms with E-state index in [0.29, 0.717) is 52.6 Å². The summed E-state index contributed by atoms with van der Waals surface area (Å²) in [7, 11) is 1.71. The number of fused-ring (bicyclic) bond motifs is 4. The molecule has 1 aliphatic carbocycles. The number of terminal acetylenes is 1. The van der Waals surface area contributed by atoms with E-state index in [0.717, 1.165) is 37.4 Å². The predicted octanol–water partition coefficient (Wildman–Crippen LogP) is 5.90. The lowest BCUT2D eigenvalue weighted by Crippen LogP contribution is -2.62. The predicted molar refractivity (Wildman–Crippen MR) is 183 cm³/mol. The highest BCUT2D eigenvalue weighted by atomic mass is 19.4. The number of aromatic hydroxyl groups is 1. The summed E-state index contributed by atoms with van der Waals surface area (Å²) in [5.74, 6) is 0.386. The van der Waals surface area contributed by atoms with E-state index in [2.05, 4.69) is 22.7 Å². The van der Waals surface area contributed by atoms with Crippen LogP contribution in [-0.4, -0.2) is 101 Å². The number of likely N-dealkylation sites (tertiary alicyclic amines) is 1. The minimum Gasteiger partial charge on any atom is -0.508 e. The Morgan fingerprint density at radius 2 is 1.80 bits per heavy atom. The number of carbonyl (C=O) groups is 1. The molecule has 4 aliphatic rings. The second-order valence-corrected chi connectivity index (χ2v) is 14.8. The van der Waals surface area contributed by atoms with Crippen molar-refractivity contribution < 1.29 is 36.9 Å². The second-order valence-electron chi connectivity index (χ2n) is 14.8. The van der Waals surface area contributed by atoms with Crippen LogP contribution in [0, 0.1) is 23.6 Å². The Morgan fingerprint density at radius 3 is 2.45 bits per heavy atom. The molecule has 1 aromatic heterocycles. The number of anilines is 1. The number of alkyl halides is 3. The summed E-state index contributed by atoms with van der Waals surface area (Å²) in [6, 6.07) is 10.2. The van der Waals surface area contributed by atoms with Crippen molar-refractivity contribution in [1.82, 2.24) is 19.8 Å². The highest BCUT2D eigenvalue weighted by Gasteiger charge is 2.52. The number of benzene rings is 3. The van der Waals surface area contributed by atoms with Crippen molar-refractivity contribution in [1.29, 1.82) is 0 Å². The number of halogens is 4. The zero-order valence-electron chi connectivity index (χ0n) is 28.3. The van der Waals surface area contributed by atoms with Crippen LogP contribution in [-0.2, 0) is 9.53 Å². The van der Waals surface area contributed by atoms with Gasteiger partial charge < -0.3 is 24.4 Å². The average molecular weight is 704 g/mol. The number of phenols is 1. The van der Waals surface area contributed by atoms with Crippen molar-refractivity contribution >= 4 is 33.4 Å². The molecule has 8 rings (SSSR count). The van der Waals surface area contributed by atoms with E-state index in [-0.39, 0.29) is 46.9 Å². The number of rotatable bonds is 8. The standard InChI is InChI=1S/C38H37F4N5O4/c1-4-22-6-5-7-23-14-26(48)15-29(30(22)23)27-10-11-28-32(31(27)39)43-35(51-21-37(12-13-37)20-45-18-36(2,19-45)50-3)44-33(28)46-16-24-8-9-25(17-46)47(24)34(49)38(40,41)42/h1,5-7,10-11,14-15,24-25,48H,8-9,12-13,16-21H2,2-3H3. The third-order valence-corrected chi connectivity index (χ3v) is 11.1. The van der Waals surface area contributed by atoms with Gasteiger partial charge >= 0.3 is 18.1 Å². The maximum atomic E-state index is 17.0. The van der Waals surface area contributed by atoms with E-state index >= 15 is 4.39 Å². The maximum absolute atomic E-state index is 17.0. The SMILES string of the molecule is C#Cc1cccc2cc(O)cc(-c3ccc4c(N5CC6CCC(C5)N6C(=O)C(F)(F)F)nc(OCC5(CN6CC(C)(OC)C6)CC5)nc4c3F)c12. The monoisotopic (exact) mass is 703 g/mol. The third-order valence-electron chi connectivity index (χ3n) is 11.1. The van der Waals surface area contributed by atoms with Gasteiger partial charge in [-0.15, -0.1) is 6.42 Å². The van der Waals surface area contributed by atoms with Crippen LogP contribution < -0.4 is 9.64 Å². The number of methoxy groups -OCH3 is 1. The number of hydrogen-bond acceptors (Lipinski definition) is 8. The number of aromatic nitrogens is 2. The van der Waals surface area contributed by atoms with Crippen LogP contribution in [0.4, 0.5) is 23.4 Å². The fourth-order valence-electron chi connectivity index (χ4n) is 8.30. The van der Waals surface area contributed by atoms with Crippen LogP contribution in [0.3, 0.4) is 0 Å². The van der Waals surface area contributed by atoms with Gasteiger partial charge in [-0.3, -0.25) is 9.69 Å². The minimum atomic E-state index is -4.97. The van der Waals surface area contributed by atoms with Crippen LogP contribution >= 0.6 is 0 Å². The van der Waals surface area contributed by atoms with Gasteiger partial charge in [0.2, 0.25) is 0 Å². The Morgan fingerprint density at radius 1 is 1.08 bits per heavy atom. The molecule has 0 spiro atoms. The number of carbonyl (C=O) groups excluding carboxylic acids is 1. The van der Waals surface area contributed by atoms with E-state index in [4.69, 9.17) is 20.9 Å². The highest BCUT2D eigenvalue weighted by molar-refractivity contribution is 6.04. The van der Waals surface area contributed by atoms with Crippen molar-refractivity contribution in [3.63, 3.8) is 0 Å². The largest absolute Gasteiger partial charge is 0.508 e. The Bertz CT molecular complexity index is 2090. The summed E-state index contributed by atoms with van der Waals surface area (Å²) in [6.07, 6.45) is 3.58. The highest BCUT2D eigenvalue weighted by Crippen LogP contribution is 2.48. The number of hydrogen-bond donors (Lipinski definition) is 1. The zero-order valence-corrected chi connectivity index (χ0v) is 28.3. The zero-order chi connectivity index (χ0) is 35.9. The molecule has 3 aliphatic heterocycles. The van der Waals surface area contributed by atoms with Crippen LogP contribution in [0.1, 0.15) is 38.2 Å². The molecule has 1 amide bonds. The van der Waals surface area contributed by atoms with Crippen molar-refractivity contribution in [2.75, 3.05) is 51.3 Å². The van der Waals surface area contributed by atoms with Gasteiger partial charge in [-0.05, 0) is 67.8 Å². The molecule has 0 radical (unpaired) electrons. The Balaban J connectivity index is 1.18. The van der Waals surface area contributed by atoms with Crippen molar-refractivity contribution in [2.45, 2.75) is 56.5 Å². The van der Waals surface area contributed by atoms with Crippen molar-refractivity contribution in [2.24, 2.45) is 5.41 Å². The lowest BCUT2D eigenvalue weighted by Gasteiger charge is -2.48. The van der Waals surface area contributed by atoms with Crippen molar-refractivity contribution in [3.8, 4) is 35.2 Å². The Kier molecular flexibility index (Phi) is 7.84. The Hall–Kier alpha value is -4.67. The number of nitrogens with zero attached hydrogens (tertiary/aromatic N) is 5. The topological polar surface area (TPSA) is 91.3 Å². The number of piperazine rings is 1. The van der Waals surface area contributed by atoms with E-state index in [9.17, 15) is 23.1 Å². The summed E-state index contributed by atoms with van der Waals surface area (Å²) in [4.78, 5) is 26.8. The first-order valence-corrected chi connectivity index (χ1v) is 17.1. The molecule has 1 saturated carbocycles. The number of ether oxygens (including phenoxy) is 2. The molecule has 4 aromatic rings. The first-order chi connectivity index (χ1) is 24.3. The Labute approximate surface area is 292 Å². The van der Waals surface area contributed by atoms with Gasteiger partial charge in [-0.2, -0.15) is 23.1 Å². The molecule has 2 unspecified atom stereocenters. The van der Waals surface area contributed by atoms with Crippen LogP contribution in [0.25, 0.3) is 32.8 Å². The molecule has 2 atom stereocenters. The smallest absolute Gasteiger partial charge is 0.471 e. The first kappa shape index (κ1) is 33.5. The van der Waals surface area contributed by atoms with Gasteiger partial charge in [0.15, 0.2) is 5.82 Å². The van der Waals surface area contributed by atoms with E-state index in [1.807, 2.05) is 4.90 Å². The first-order valence-electron chi connectivity index (χ1n) is 17.1. The normalized spacial score (nSPS) is 22.2. The van der Waals surface area contributed by atoms with Crippen molar-refractivity contribution in [3.05, 3.63) is 53.8 Å². The van der Waals surface area contributed by atoms with E-state index < -0.39 is 30.0 Å². The third kappa shape index (κ3) is 5.88. The summed E-state index contributed by atoms with van der Waals surface area (Å²) in [6.45, 7) is 5.00. The van der Waals surface area contributed by atoms with Crippen LogP contribution in [0.5, 0.6) is 11.8 Å². The molecular formula is C38H37F4N5O4. The lowest BCUT2D eigenvalue weighted by molar-refractivity contribution is -0.188. The summed E-state index contributed by atoms with van der Waals surface area (Å²) in [5, 5.41) is 12.2. The second kappa shape index (κ2) is 12.0. The number of amides is 1. The molecule has 4 fully saturated rings. The summed E-state index contributed by atoms with van der Waals surface area (Å²) >= 11 is 0. The van der Waals surface area contributed by atoms with Gasteiger partial charge in [-0.25, -0.2) is 4.39 Å². The van der Waals surface area contributed by atoms with Gasteiger partial charge in [0, 0.05) is 67.1 Å². The summed E-state index contributed by atoms with van der Waals surface area (Å²) in [5.41, 5.74) is 0.750. The molecule has 266 valence electrons. The molecule has 3 saturated heterocycles. The fourth-order valence-corrected chi connectivity index (χ4v) is 8.30. The van der Waals surface area contributed by atoms with Gasteiger partial charge in [0.05, 0.1) is 24.3 Å². The van der Waals surface area contributed by atoms with Crippen LogP contribution in [0.15, 0.2) is 42.5 Å². The molecule has 4 heterocycles. The molecule has 9 nitrogen and oxygen atoms in total. The molecule has 51 heavy (non-hydrogen) atoms. The fraction of sp³-hybridized carbons (Fsp3) is 0.447. The molecule has 1 N–H and O–H groups in total. The van der Waals surface area contributed by atoms with Gasteiger partial charge in [-0.1, -0.05) is 24.1 Å². The number of phenolic OH excluding ortho intramolecular Hbond substituents is 1. The molecular weight excluding hydrogens is 666 g/mol. The van der Waals surface area contributed by atoms with Gasteiger partial charge in [0.1, 0.15) is 17.1 Å². The van der Waals surface area contributed by atoms with E-state index in [1.165, 1.54) is 6.07 Å². The lowest BCUT2D eigenvalue weighted by atomic mass is 9.93. The quantitative estimate of drug-likeness (QED) is 0.179. The minimum absolute atomic E-state index is 0.0354. The van der Waals surface area contributed by atoms with Gasteiger partial charge in [0.25, 0.3) is 0 Å². The molecule has 3 aromatic carbocycles. The average Bonchev–Trinajstić information content (AvgIpc) is 3.81. The van der Waals surface area contributed by atoms with Crippen LogP contribution in [0.2, 0.25) is 0 Å².